The second kappa shape index (κ2) is 6.67. The second-order valence-corrected chi connectivity index (χ2v) is 7.33. The molecule has 6 heteroatoms. The van der Waals surface area contributed by atoms with Gasteiger partial charge in [-0.3, -0.25) is 4.79 Å². The van der Waals surface area contributed by atoms with Crippen LogP contribution in [0.3, 0.4) is 0 Å². The summed E-state index contributed by atoms with van der Waals surface area (Å²) in [4.78, 5) is 28.6. The number of carboxylic acids is 1. The van der Waals surface area contributed by atoms with Crippen molar-refractivity contribution in [3.63, 3.8) is 0 Å². The number of fused-ring (bicyclic) bond motifs is 2. The minimum atomic E-state index is -1.09. The first-order valence-corrected chi connectivity index (χ1v) is 9.15. The van der Waals surface area contributed by atoms with Crippen molar-refractivity contribution < 1.29 is 19.4 Å². The molecule has 2 bridgehead atoms. The molecule has 1 amide bonds. The predicted molar refractivity (Wildman–Crippen MR) is 94.5 cm³/mol. The smallest absolute Gasteiger partial charge is 0.227 e. The Labute approximate surface area is 153 Å². The number of carbonyl (C=O) groups is 2. The van der Waals surface area contributed by atoms with E-state index in [0.29, 0.717) is 13.1 Å². The minimum absolute atomic E-state index is 0.0265. The van der Waals surface area contributed by atoms with Gasteiger partial charge in [-0.15, -0.1) is 0 Å². The summed E-state index contributed by atoms with van der Waals surface area (Å²) < 4.78 is 5.28. The van der Waals surface area contributed by atoms with Crippen LogP contribution in [0.2, 0.25) is 0 Å². The Morgan fingerprint density at radius 2 is 1.77 bits per heavy atom. The number of allylic oxidation sites excluding steroid dienone is 2. The van der Waals surface area contributed by atoms with Crippen LogP contribution in [0.4, 0.5) is 5.69 Å². The molecule has 1 aromatic rings. The number of benzene rings is 1. The zero-order chi connectivity index (χ0) is 18.3. The average molecular weight is 355 g/mol. The van der Waals surface area contributed by atoms with E-state index in [1.165, 1.54) is 0 Å². The zero-order valence-corrected chi connectivity index (χ0v) is 14.8. The summed E-state index contributed by atoms with van der Waals surface area (Å²) in [5.41, 5.74) is 1.08. The summed E-state index contributed by atoms with van der Waals surface area (Å²) in [6.07, 6.45) is 4.72. The van der Waals surface area contributed by atoms with Crippen LogP contribution in [-0.2, 0) is 9.59 Å². The van der Waals surface area contributed by atoms with Gasteiger partial charge in [0, 0.05) is 49.8 Å². The van der Waals surface area contributed by atoms with Crippen LogP contribution in [0.5, 0.6) is 5.75 Å². The molecular formula is C20H23N2O4-. The largest absolute Gasteiger partial charge is 0.550 e. The number of rotatable bonds is 4. The number of ether oxygens (including phenoxy) is 1. The Morgan fingerprint density at radius 3 is 2.42 bits per heavy atom. The SMILES string of the molecule is COc1cccc(N2CCN(C(=O)[C@H]3[C@H](C(=O)[O-])[C@@H]4C=C[C@H]3C4)CC2)c1. The fourth-order valence-electron chi connectivity index (χ4n) is 4.68. The molecule has 0 spiro atoms. The maximum absolute atomic E-state index is 13.0. The zero-order valence-electron chi connectivity index (χ0n) is 14.8. The Kier molecular flexibility index (Phi) is 4.34. The normalized spacial score (nSPS) is 29.9. The van der Waals surface area contributed by atoms with Crippen LogP contribution in [0, 0.1) is 23.7 Å². The lowest BCUT2D eigenvalue weighted by molar-refractivity contribution is -0.313. The molecular weight excluding hydrogens is 332 g/mol. The quantitative estimate of drug-likeness (QED) is 0.737. The molecule has 3 aliphatic rings. The van der Waals surface area contributed by atoms with E-state index in [0.717, 1.165) is 30.9 Å². The summed E-state index contributed by atoms with van der Waals surface area (Å²) in [6, 6.07) is 7.89. The number of amides is 1. The third kappa shape index (κ3) is 2.83. The highest BCUT2D eigenvalue weighted by molar-refractivity contribution is 5.86. The van der Waals surface area contributed by atoms with Crippen molar-refractivity contribution in [2.75, 3.05) is 38.2 Å². The lowest BCUT2D eigenvalue weighted by atomic mass is 9.82. The predicted octanol–water partition coefficient (Wildman–Crippen LogP) is 0.532. The first-order valence-electron chi connectivity index (χ1n) is 9.15. The number of hydrogen-bond donors (Lipinski definition) is 0. The van der Waals surface area contributed by atoms with Crippen LogP contribution in [0.25, 0.3) is 0 Å². The molecule has 4 atom stereocenters. The molecule has 26 heavy (non-hydrogen) atoms. The van der Waals surface area contributed by atoms with E-state index in [9.17, 15) is 14.7 Å². The summed E-state index contributed by atoms with van der Waals surface area (Å²) in [5, 5.41) is 11.6. The lowest BCUT2D eigenvalue weighted by Gasteiger charge is -2.39. The highest BCUT2D eigenvalue weighted by Crippen LogP contribution is 2.48. The molecule has 4 rings (SSSR count). The van der Waals surface area contributed by atoms with E-state index >= 15 is 0 Å². The first kappa shape index (κ1) is 16.9. The van der Waals surface area contributed by atoms with Gasteiger partial charge in [-0.2, -0.15) is 0 Å². The molecule has 1 aromatic carbocycles. The van der Waals surface area contributed by atoms with Gasteiger partial charge >= 0.3 is 0 Å². The molecule has 1 aliphatic heterocycles. The molecule has 2 fully saturated rings. The van der Waals surface area contributed by atoms with E-state index in [4.69, 9.17) is 4.74 Å². The molecule has 0 radical (unpaired) electrons. The van der Waals surface area contributed by atoms with Crippen LogP contribution < -0.4 is 14.7 Å². The Bertz CT molecular complexity index is 739. The van der Waals surface area contributed by atoms with Gasteiger partial charge in [-0.05, 0) is 30.4 Å². The molecule has 0 unspecified atom stereocenters. The third-order valence-corrected chi connectivity index (χ3v) is 6.03. The molecule has 1 saturated carbocycles. The molecule has 1 saturated heterocycles. The van der Waals surface area contributed by atoms with Gasteiger partial charge in [0.15, 0.2) is 0 Å². The molecule has 138 valence electrons. The Morgan fingerprint density at radius 1 is 1.08 bits per heavy atom. The van der Waals surface area contributed by atoms with Crippen LogP contribution in [0.1, 0.15) is 6.42 Å². The van der Waals surface area contributed by atoms with E-state index in [2.05, 4.69) is 4.90 Å². The second-order valence-electron chi connectivity index (χ2n) is 7.33. The van der Waals surface area contributed by atoms with E-state index in [1.54, 1.807) is 7.11 Å². The van der Waals surface area contributed by atoms with Gasteiger partial charge < -0.3 is 24.4 Å². The van der Waals surface area contributed by atoms with Crippen molar-refractivity contribution >= 4 is 17.6 Å². The topological polar surface area (TPSA) is 72.9 Å². The number of piperazine rings is 1. The van der Waals surface area contributed by atoms with Crippen molar-refractivity contribution in [1.29, 1.82) is 0 Å². The van der Waals surface area contributed by atoms with Crippen molar-refractivity contribution in [2.45, 2.75) is 6.42 Å². The van der Waals surface area contributed by atoms with E-state index < -0.39 is 17.8 Å². The first-order chi connectivity index (χ1) is 12.6. The highest BCUT2D eigenvalue weighted by Gasteiger charge is 2.50. The number of carboxylic acid groups (broad SMARTS) is 1. The maximum Gasteiger partial charge on any atom is 0.227 e. The number of nitrogens with zero attached hydrogens (tertiary/aromatic N) is 2. The Hall–Kier alpha value is -2.50. The van der Waals surface area contributed by atoms with Crippen molar-refractivity contribution in [3.8, 4) is 5.75 Å². The standard InChI is InChI=1S/C20H24N2O4/c1-26-16-4-2-3-15(12-16)21-7-9-22(10-8-21)19(23)17-13-5-6-14(11-13)18(17)20(24)25/h2-6,12-14,17-18H,7-11H2,1H3,(H,24,25)/p-1/t13-,14+,17+,18+/m0/s1. The highest BCUT2D eigenvalue weighted by atomic mass is 16.5. The van der Waals surface area contributed by atoms with Crippen molar-refractivity contribution in [3.05, 3.63) is 36.4 Å². The van der Waals surface area contributed by atoms with Gasteiger partial charge in [0.1, 0.15) is 5.75 Å². The van der Waals surface area contributed by atoms with Crippen LogP contribution >= 0.6 is 0 Å². The van der Waals surface area contributed by atoms with Crippen LogP contribution in [0.15, 0.2) is 36.4 Å². The van der Waals surface area contributed by atoms with Gasteiger partial charge in [0.25, 0.3) is 0 Å². The third-order valence-electron chi connectivity index (χ3n) is 6.03. The van der Waals surface area contributed by atoms with Gasteiger partial charge in [-0.1, -0.05) is 18.2 Å². The van der Waals surface area contributed by atoms with E-state index in [1.807, 2.05) is 41.3 Å². The number of anilines is 1. The molecule has 2 aliphatic carbocycles. The number of aliphatic carboxylic acids is 1. The van der Waals surface area contributed by atoms with Crippen molar-refractivity contribution in [2.24, 2.45) is 23.7 Å². The Balaban J connectivity index is 1.42. The molecule has 6 nitrogen and oxygen atoms in total. The molecule has 1 heterocycles. The number of methoxy groups -OCH3 is 1. The summed E-state index contributed by atoms with van der Waals surface area (Å²) in [5.74, 6) is -1.43. The monoisotopic (exact) mass is 355 g/mol. The van der Waals surface area contributed by atoms with Crippen molar-refractivity contribution in [1.82, 2.24) is 4.90 Å². The molecule has 0 aromatic heterocycles. The maximum atomic E-state index is 13.0. The van der Waals surface area contributed by atoms with Gasteiger partial charge in [-0.25, -0.2) is 0 Å². The minimum Gasteiger partial charge on any atom is -0.550 e. The molecule has 0 N–H and O–H groups in total. The number of carbonyl (C=O) groups excluding carboxylic acids is 2. The van der Waals surface area contributed by atoms with E-state index in [-0.39, 0.29) is 17.7 Å². The fraction of sp³-hybridized carbons (Fsp3) is 0.500. The average Bonchev–Trinajstić information content (AvgIpc) is 3.29. The van der Waals surface area contributed by atoms with Gasteiger partial charge in [0.05, 0.1) is 13.0 Å². The summed E-state index contributed by atoms with van der Waals surface area (Å²) >= 11 is 0. The van der Waals surface area contributed by atoms with Crippen LogP contribution in [-0.4, -0.2) is 50.1 Å². The lowest BCUT2D eigenvalue weighted by Crippen LogP contribution is -2.53. The fourth-order valence-corrected chi connectivity index (χ4v) is 4.68. The summed E-state index contributed by atoms with van der Waals surface area (Å²) in [6.45, 7) is 2.66. The summed E-state index contributed by atoms with van der Waals surface area (Å²) in [7, 11) is 1.65. The van der Waals surface area contributed by atoms with Gasteiger partial charge in [0.2, 0.25) is 5.91 Å². The number of hydrogen-bond acceptors (Lipinski definition) is 5.